The molecular weight excluding hydrogens is 236 g/mol. The summed E-state index contributed by atoms with van der Waals surface area (Å²) in [7, 11) is 0. The van der Waals surface area contributed by atoms with E-state index < -0.39 is 0 Å². The molecule has 2 aliphatic carbocycles. The van der Waals surface area contributed by atoms with Crippen LogP contribution in [0.1, 0.15) is 43.5 Å². The molecule has 0 bridgehead atoms. The smallest absolute Gasteiger partial charge is 0.143 e. The highest BCUT2D eigenvalue weighted by atomic mass is 16.5. The second kappa shape index (κ2) is 5.74. The first-order valence-corrected chi connectivity index (χ1v) is 7.34. The van der Waals surface area contributed by atoms with Crippen molar-refractivity contribution in [1.82, 2.24) is 10.3 Å². The summed E-state index contributed by atoms with van der Waals surface area (Å²) in [6.45, 7) is 2.85. The van der Waals surface area contributed by atoms with E-state index in [0.717, 1.165) is 30.1 Å². The van der Waals surface area contributed by atoms with Crippen molar-refractivity contribution in [2.24, 2.45) is 0 Å². The van der Waals surface area contributed by atoms with Gasteiger partial charge in [-0.1, -0.05) is 6.08 Å². The fourth-order valence-electron chi connectivity index (χ4n) is 2.40. The first-order valence-electron chi connectivity index (χ1n) is 7.34. The Labute approximate surface area is 115 Å². The molecule has 1 aromatic heterocycles. The van der Waals surface area contributed by atoms with Crippen LogP contribution in [-0.4, -0.2) is 17.1 Å². The molecular formula is C16H22N2O. The van der Waals surface area contributed by atoms with Crippen molar-refractivity contribution in [3.05, 3.63) is 35.7 Å². The van der Waals surface area contributed by atoms with Gasteiger partial charge in [0.15, 0.2) is 0 Å². The van der Waals surface area contributed by atoms with Gasteiger partial charge in [0.1, 0.15) is 11.9 Å². The minimum Gasteiger partial charge on any atom is -0.484 e. The number of hydrogen-bond donors (Lipinski definition) is 1. The topological polar surface area (TPSA) is 34.1 Å². The van der Waals surface area contributed by atoms with Crippen LogP contribution in [0.15, 0.2) is 24.3 Å². The van der Waals surface area contributed by atoms with Gasteiger partial charge >= 0.3 is 0 Å². The normalized spacial score (nSPS) is 22.5. The lowest BCUT2D eigenvalue weighted by Gasteiger charge is -2.20. The summed E-state index contributed by atoms with van der Waals surface area (Å²) in [5.41, 5.74) is 2.10. The summed E-state index contributed by atoms with van der Waals surface area (Å²) in [4.78, 5) is 4.63. The summed E-state index contributed by atoms with van der Waals surface area (Å²) in [5.74, 6) is 0.940. The van der Waals surface area contributed by atoms with E-state index in [-0.39, 0.29) is 6.10 Å². The lowest BCUT2D eigenvalue weighted by Crippen LogP contribution is -2.20. The Morgan fingerprint density at radius 1 is 1.32 bits per heavy atom. The van der Waals surface area contributed by atoms with Gasteiger partial charge < -0.3 is 10.1 Å². The number of hydrogen-bond acceptors (Lipinski definition) is 3. The molecule has 3 rings (SSSR count). The van der Waals surface area contributed by atoms with E-state index in [1.165, 1.54) is 25.7 Å². The van der Waals surface area contributed by atoms with Gasteiger partial charge in [-0.05, 0) is 57.2 Å². The average Bonchev–Trinajstić information content (AvgIpc) is 3.24. The first kappa shape index (κ1) is 12.7. The van der Waals surface area contributed by atoms with E-state index in [0.29, 0.717) is 6.04 Å². The highest BCUT2D eigenvalue weighted by Crippen LogP contribution is 2.24. The highest BCUT2D eigenvalue weighted by Gasteiger charge is 2.21. The molecule has 1 aromatic rings. The summed E-state index contributed by atoms with van der Waals surface area (Å²) < 4.78 is 6.10. The number of nitrogens with one attached hydrogen (secondary N) is 1. The number of aryl methyl sites for hydroxylation is 1. The van der Waals surface area contributed by atoms with E-state index in [1.807, 2.05) is 13.0 Å². The van der Waals surface area contributed by atoms with Crippen molar-refractivity contribution in [2.45, 2.75) is 57.7 Å². The number of rotatable bonds is 5. The number of pyridine rings is 1. The van der Waals surface area contributed by atoms with E-state index in [4.69, 9.17) is 4.74 Å². The Morgan fingerprint density at radius 2 is 2.21 bits per heavy atom. The zero-order valence-corrected chi connectivity index (χ0v) is 11.6. The van der Waals surface area contributed by atoms with Crippen molar-refractivity contribution >= 4 is 0 Å². The van der Waals surface area contributed by atoms with Crippen LogP contribution in [0.5, 0.6) is 5.75 Å². The van der Waals surface area contributed by atoms with Gasteiger partial charge in [-0.3, -0.25) is 4.98 Å². The summed E-state index contributed by atoms with van der Waals surface area (Å²) in [6.07, 6.45) is 10.7. The fourth-order valence-corrected chi connectivity index (χ4v) is 2.40. The van der Waals surface area contributed by atoms with Crippen LogP contribution >= 0.6 is 0 Å². The lowest BCUT2D eigenvalue weighted by atomic mass is 10.1. The zero-order chi connectivity index (χ0) is 13.1. The van der Waals surface area contributed by atoms with Crippen LogP contribution in [-0.2, 0) is 6.54 Å². The fraction of sp³-hybridized carbons (Fsp3) is 0.562. The maximum absolute atomic E-state index is 6.10. The minimum atomic E-state index is 0.220. The van der Waals surface area contributed by atoms with Crippen molar-refractivity contribution in [1.29, 1.82) is 0 Å². The molecule has 0 aliphatic heterocycles. The van der Waals surface area contributed by atoms with Gasteiger partial charge in [0.2, 0.25) is 0 Å². The Morgan fingerprint density at radius 3 is 2.95 bits per heavy atom. The molecule has 3 heteroatoms. The average molecular weight is 258 g/mol. The Bertz CT molecular complexity index is 466. The lowest BCUT2D eigenvalue weighted by molar-refractivity contribution is 0.226. The highest BCUT2D eigenvalue weighted by molar-refractivity contribution is 5.30. The summed E-state index contributed by atoms with van der Waals surface area (Å²) >= 11 is 0. The van der Waals surface area contributed by atoms with Gasteiger partial charge in [0.05, 0.1) is 5.69 Å². The molecule has 3 nitrogen and oxygen atoms in total. The standard InChI is InChI=1S/C16H22N2O/c1-12-7-10-16(19-14-5-3-2-4-6-14)15(18-12)11-17-13-8-9-13/h3,5,7,10,13-14,17H,2,4,6,8-9,11H2,1H3. The van der Waals surface area contributed by atoms with Gasteiger partial charge in [-0.15, -0.1) is 0 Å². The number of ether oxygens (including phenoxy) is 1. The van der Waals surface area contributed by atoms with Gasteiger partial charge in [-0.25, -0.2) is 0 Å². The van der Waals surface area contributed by atoms with Crippen molar-refractivity contribution in [3.63, 3.8) is 0 Å². The van der Waals surface area contributed by atoms with Crippen LogP contribution in [0.3, 0.4) is 0 Å². The SMILES string of the molecule is Cc1ccc(OC2C=CCCC2)c(CNC2CC2)n1. The van der Waals surface area contributed by atoms with Crippen LogP contribution in [0, 0.1) is 6.92 Å². The predicted molar refractivity (Wildman–Crippen MR) is 76.2 cm³/mol. The molecule has 0 aromatic carbocycles. The maximum Gasteiger partial charge on any atom is 0.143 e. The second-order valence-electron chi connectivity index (χ2n) is 5.57. The molecule has 19 heavy (non-hydrogen) atoms. The number of aromatic nitrogens is 1. The third kappa shape index (κ3) is 3.57. The maximum atomic E-state index is 6.10. The quantitative estimate of drug-likeness (QED) is 0.824. The largest absolute Gasteiger partial charge is 0.484 e. The van der Waals surface area contributed by atoms with Crippen molar-refractivity contribution in [3.8, 4) is 5.75 Å². The molecule has 0 radical (unpaired) electrons. The number of allylic oxidation sites excluding steroid dienone is 1. The van der Waals surface area contributed by atoms with E-state index >= 15 is 0 Å². The predicted octanol–water partition coefficient (Wildman–Crippen LogP) is 3.13. The molecule has 2 aliphatic rings. The monoisotopic (exact) mass is 258 g/mol. The van der Waals surface area contributed by atoms with Crippen molar-refractivity contribution in [2.75, 3.05) is 0 Å². The van der Waals surface area contributed by atoms with Gasteiger partial charge in [-0.2, -0.15) is 0 Å². The van der Waals surface area contributed by atoms with Crippen LogP contribution < -0.4 is 10.1 Å². The third-order valence-corrected chi connectivity index (χ3v) is 3.70. The van der Waals surface area contributed by atoms with Crippen LogP contribution in [0.25, 0.3) is 0 Å². The Balaban J connectivity index is 1.70. The first-order chi connectivity index (χ1) is 9.31. The van der Waals surface area contributed by atoms with E-state index in [1.54, 1.807) is 0 Å². The summed E-state index contributed by atoms with van der Waals surface area (Å²) in [5, 5.41) is 3.52. The molecule has 0 amide bonds. The Kier molecular flexibility index (Phi) is 3.83. The Hall–Kier alpha value is -1.35. The molecule has 1 atom stereocenters. The molecule has 1 unspecified atom stereocenters. The molecule has 1 fully saturated rings. The van der Waals surface area contributed by atoms with Crippen LogP contribution in [0.2, 0.25) is 0 Å². The van der Waals surface area contributed by atoms with Gasteiger partial charge in [0, 0.05) is 18.3 Å². The molecule has 102 valence electrons. The van der Waals surface area contributed by atoms with E-state index in [9.17, 15) is 0 Å². The number of nitrogens with zero attached hydrogens (tertiary/aromatic N) is 1. The third-order valence-electron chi connectivity index (χ3n) is 3.70. The summed E-state index contributed by atoms with van der Waals surface area (Å²) in [6, 6.07) is 4.79. The molecule has 0 saturated heterocycles. The minimum absolute atomic E-state index is 0.220. The van der Waals surface area contributed by atoms with Crippen molar-refractivity contribution < 1.29 is 4.74 Å². The van der Waals surface area contributed by atoms with Gasteiger partial charge in [0.25, 0.3) is 0 Å². The van der Waals surface area contributed by atoms with Crippen LogP contribution in [0.4, 0.5) is 0 Å². The second-order valence-corrected chi connectivity index (χ2v) is 5.57. The van der Waals surface area contributed by atoms with E-state index in [2.05, 4.69) is 28.5 Å². The molecule has 1 saturated carbocycles. The molecule has 1 N–H and O–H groups in total. The zero-order valence-electron chi connectivity index (χ0n) is 11.6. The molecule has 1 heterocycles. The molecule has 0 spiro atoms.